The van der Waals surface area contributed by atoms with Crippen LogP contribution in [0, 0.1) is 6.92 Å². The molecule has 0 fully saturated rings. The first-order chi connectivity index (χ1) is 17.6. The molecule has 17 heteroatoms. The van der Waals surface area contributed by atoms with E-state index >= 15 is 0 Å². The number of benzene rings is 1. The van der Waals surface area contributed by atoms with Gasteiger partial charge in [0.2, 0.25) is 5.88 Å². The third-order valence-electron chi connectivity index (χ3n) is 4.53. The number of pyridine rings is 1. The average molecular weight is 602 g/mol. The lowest BCUT2D eigenvalue weighted by molar-refractivity contribution is -0.169. The molecule has 0 saturated carbocycles. The Morgan fingerprint density at radius 1 is 1.16 bits per heavy atom. The molecule has 1 aromatic carbocycles. The molecule has 204 valence electrons. The molecule has 1 N–H and O–H groups in total. The summed E-state index contributed by atoms with van der Waals surface area (Å²) in [5.41, 5.74) is -0.103. The van der Waals surface area contributed by atoms with Gasteiger partial charge >= 0.3 is 18.3 Å². The van der Waals surface area contributed by atoms with Crippen LogP contribution in [-0.4, -0.2) is 51.8 Å². The number of carbonyl (C=O) groups excluding carboxylic acids is 2. The van der Waals surface area contributed by atoms with Gasteiger partial charge in [0, 0.05) is 22.2 Å². The van der Waals surface area contributed by atoms with Gasteiger partial charge in [-0.25, -0.2) is 9.67 Å². The van der Waals surface area contributed by atoms with Crippen molar-refractivity contribution < 1.29 is 40.7 Å². The number of ether oxygens (including phenoxy) is 1. The molecule has 0 aliphatic carbocycles. The number of nitrogens with one attached hydrogen (secondary N) is 1. The van der Waals surface area contributed by atoms with Gasteiger partial charge in [0.1, 0.15) is 5.69 Å². The maximum absolute atomic E-state index is 13.3. The Bertz CT molecular complexity index is 1430. The third kappa shape index (κ3) is 7.23. The Hall–Kier alpha value is -3.17. The quantitative estimate of drug-likeness (QED) is 0.352. The van der Waals surface area contributed by atoms with Crippen LogP contribution in [0.2, 0.25) is 10.0 Å². The molecule has 0 bridgehead atoms. The molecule has 3 aromatic rings. The number of aromatic nitrogens is 3. The minimum absolute atomic E-state index is 0.00331. The highest BCUT2D eigenvalue weighted by Crippen LogP contribution is 2.31. The summed E-state index contributed by atoms with van der Waals surface area (Å²) in [6.07, 6.45) is -7.40. The standard InChI is InChI=1S/C21H15Cl2F6N5O3S/c1-10-6-11(22)7-14(38(2)33-19(36)21(27,28)29)16(10)31-18(35)13-8-15(37-9-20(24,25)26)32-34(13)17-12(23)4-3-5-30-17/h3-8H,9H2,1-2H3,(H,31,35). The lowest BCUT2D eigenvalue weighted by Crippen LogP contribution is -2.21. The Kier molecular flexibility index (Phi) is 8.73. The lowest BCUT2D eigenvalue weighted by atomic mass is 10.2. The fourth-order valence-electron chi connectivity index (χ4n) is 2.95. The van der Waals surface area contributed by atoms with Crippen LogP contribution in [-0.2, 0) is 15.5 Å². The zero-order valence-corrected chi connectivity index (χ0v) is 21.4. The smallest absolute Gasteiger partial charge is 0.467 e. The highest BCUT2D eigenvalue weighted by Gasteiger charge is 2.39. The van der Waals surface area contributed by atoms with Crippen LogP contribution in [0.5, 0.6) is 5.88 Å². The molecular weight excluding hydrogens is 587 g/mol. The molecule has 1 unspecified atom stereocenters. The van der Waals surface area contributed by atoms with Crippen LogP contribution in [0.4, 0.5) is 32.0 Å². The topological polar surface area (TPSA) is 98.5 Å². The molecule has 0 aliphatic rings. The van der Waals surface area contributed by atoms with Gasteiger partial charge in [0.25, 0.3) is 5.91 Å². The van der Waals surface area contributed by atoms with Gasteiger partial charge in [-0.1, -0.05) is 33.9 Å². The second kappa shape index (κ2) is 11.3. The van der Waals surface area contributed by atoms with E-state index in [-0.39, 0.29) is 32.1 Å². The summed E-state index contributed by atoms with van der Waals surface area (Å²) in [4.78, 5) is 28.7. The van der Waals surface area contributed by atoms with Crippen molar-refractivity contribution in [1.82, 2.24) is 14.8 Å². The first kappa shape index (κ1) is 29.4. The second-order valence-corrected chi connectivity index (χ2v) is 9.84. The van der Waals surface area contributed by atoms with E-state index in [0.29, 0.717) is 5.56 Å². The summed E-state index contributed by atoms with van der Waals surface area (Å²) in [5.74, 6) is -3.99. The SMILES string of the molecule is Cc1cc(Cl)cc(/S(C)=N/C(=O)C(F)(F)F)c1NC(=O)c1cc(OCC(F)(F)F)nn1-c1ncccc1Cl. The van der Waals surface area contributed by atoms with Gasteiger partial charge in [-0.2, -0.15) is 30.7 Å². The van der Waals surface area contributed by atoms with Gasteiger partial charge in [-0.15, -0.1) is 5.10 Å². The van der Waals surface area contributed by atoms with Crippen LogP contribution in [0.15, 0.2) is 45.8 Å². The zero-order chi connectivity index (χ0) is 28.4. The average Bonchev–Trinajstić information content (AvgIpc) is 3.22. The molecule has 0 radical (unpaired) electrons. The lowest BCUT2D eigenvalue weighted by Gasteiger charge is -2.16. The molecule has 0 saturated heterocycles. The number of nitrogens with zero attached hydrogens (tertiary/aromatic N) is 4. The van der Waals surface area contributed by atoms with E-state index in [2.05, 4.69) is 24.5 Å². The molecule has 2 heterocycles. The molecule has 38 heavy (non-hydrogen) atoms. The molecule has 0 aliphatic heterocycles. The summed E-state index contributed by atoms with van der Waals surface area (Å²) in [7, 11) is -1.72. The summed E-state index contributed by atoms with van der Waals surface area (Å²) in [5, 5.41) is 6.41. The van der Waals surface area contributed by atoms with Crippen molar-refractivity contribution in [3.63, 3.8) is 0 Å². The van der Waals surface area contributed by atoms with Crippen molar-refractivity contribution in [2.45, 2.75) is 24.2 Å². The monoisotopic (exact) mass is 601 g/mol. The normalized spacial score (nSPS) is 12.9. The molecule has 2 aromatic heterocycles. The number of anilines is 1. The van der Waals surface area contributed by atoms with Crippen LogP contribution in [0.1, 0.15) is 16.1 Å². The fourth-order valence-corrected chi connectivity index (χ4v) is 4.75. The molecule has 2 amide bonds. The van der Waals surface area contributed by atoms with Crippen molar-refractivity contribution in [2.75, 3.05) is 18.2 Å². The number of amides is 2. The van der Waals surface area contributed by atoms with Crippen LogP contribution >= 0.6 is 23.2 Å². The van der Waals surface area contributed by atoms with Crippen LogP contribution in [0.25, 0.3) is 5.82 Å². The summed E-state index contributed by atoms with van der Waals surface area (Å²) in [6.45, 7) is -0.215. The first-order valence-electron chi connectivity index (χ1n) is 10.1. The largest absolute Gasteiger partial charge is 0.474 e. The Morgan fingerprint density at radius 2 is 1.84 bits per heavy atom. The third-order valence-corrected chi connectivity index (χ3v) is 6.44. The number of hydrogen-bond acceptors (Lipinski definition) is 5. The van der Waals surface area contributed by atoms with E-state index in [1.54, 1.807) is 0 Å². The zero-order valence-electron chi connectivity index (χ0n) is 19.1. The Balaban J connectivity index is 2.07. The van der Waals surface area contributed by atoms with E-state index in [0.717, 1.165) is 10.7 Å². The minimum Gasteiger partial charge on any atom is -0.467 e. The van der Waals surface area contributed by atoms with E-state index < -0.39 is 47.3 Å². The summed E-state index contributed by atoms with van der Waals surface area (Å²) in [6, 6.07) is 6.39. The predicted octanol–water partition coefficient (Wildman–Crippen LogP) is 5.96. The fraction of sp³-hybridized carbons (Fsp3) is 0.238. The highest BCUT2D eigenvalue weighted by atomic mass is 35.5. The Labute approximate surface area is 223 Å². The van der Waals surface area contributed by atoms with Crippen molar-refractivity contribution >= 4 is 51.4 Å². The maximum atomic E-state index is 13.3. The van der Waals surface area contributed by atoms with Crippen LogP contribution < -0.4 is 10.1 Å². The van der Waals surface area contributed by atoms with E-state index in [1.165, 1.54) is 43.6 Å². The van der Waals surface area contributed by atoms with Gasteiger partial charge < -0.3 is 10.1 Å². The predicted molar refractivity (Wildman–Crippen MR) is 127 cm³/mol. The van der Waals surface area contributed by atoms with Crippen molar-refractivity contribution in [1.29, 1.82) is 0 Å². The van der Waals surface area contributed by atoms with Gasteiger partial charge in [-0.3, -0.25) is 9.59 Å². The van der Waals surface area contributed by atoms with Crippen molar-refractivity contribution in [2.24, 2.45) is 4.36 Å². The van der Waals surface area contributed by atoms with Crippen molar-refractivity contribution in [3.8, 4) is 11.7 Å². The number of halogens is 8. The number of hydrogen-bond donors (Lipinski definition) is 1. The summed E-state index contributed by atoms with van der Waals surface area (Å²) >= 11 is 12.2. The number of alkyl halides is 6. The van der Waals surface area contributed by atoms with Gasteiger partial charge in [0.05, 0.1) is 10.7 Å². The van der Waals surface area contributed by atoms with Gasteiger partial charge in [0.15, 0.2) is 12.4 Å². The maximum Gasteiger partial charge on any atom is 0.474 e. The molecule has 8 nitrogen and oxygen atoms in total. The van der Waals surface area contributed by atoms with Crippen LogP contribution in [0.3, 0.4) is 0 Å². The molecule has 3 rings (SSSR count). The number of carbonyl (C=O) groups is 2. The molecule has 1 atom stereocenters. The Morgan fingerprint density at radius 3 is 2.45 bits per heavy atom. The molecule has 0 spiro atoms. The first-order valence-corrected chi connectivity index (χ1v) is 12.4. The van der Waals surface area contributed by atoms with E-state index in [1.807, 2.05) is 0 Å². The van der Waals surface area contributed by atoms with Gasteiger partial charge in [-0.05, 0) is 43.0 Å². The molecular formula is C21H15Cl2F6N5O3S. The number of rotatable bonds is 6. The van der Waals surface area contributed by atoms with Crippen molar-refractivity contribution in [3.05, 3.63) is 57.8 Å². The summed E-state index contributed by atoms with van der Waals surface area (Å²) < 4.78 is 84.9. The highest BCUT2D eigenvalue weighted by molar-refractivity contribution is 7.87. The number of aryl methyl sites for hydroxylation is 1. The second-order valence-electron chi connectivity index (χ2n) is 7.41. The van der Waals surface area contributed by atoms with E-state index in [9.17, 15) is 35.9 Å². The van der Waals surface area contributed by atoms with E-state index in [4.69, 9.17) is 23.2 Å². The minimum atomic E-state index is -5.21.